The average Bonchev–Trinajstić information content (AvgIpc) is 2.66. The molecule has 0 saturated carbocycles. The van der Waals surface area contributed by atoms with Crippen LogP contribution in [0.1, 0.15) is 31.1 Å². The maximum Gasteiger partial charge on any atom is 0.337 e. The fourth-order valence-corrected chi connectivity index (χ4v) is 2.14. The van der Waals surface area contributed by atoms with Crippen LogP contribution in [0.2, 0.25) is 0 Å². The number of amides is 1. The molecule has 2 rings (SSSR count). The van der Waals surface area contributed by atoms with Crippen molar-refractivity contribution in [3.05, 3.63) is 69.3 Å². The summed E-state index contributed by atoms with van der Waals surface area (Å²) in [6.07, 6.45) is 0. The van der Waals surface area contributed by atoms with E-state index in [9.17, 15) is 24.5 Å². The lowest BCUT2D eigenvalue weighted by Crippen LogP contribution is -2.14. The number of nitro groups is 1. The Morgan fingerprint density at radius 2 is 1.50 bits per heavy atom. The van der Waals surface area contributed by atoms with E-state index in [0.717, 1.165) is 6.07 Å². The summed E-state index contributed by atoms with van der Waals surface area (Å²) in [6, 6.07) is 9.03. The molecule has 0 bridgehead atoms. The second kappa shape index (κ2) is 7.88. The number of esters is 2. The monoisotopic (exact) mass is 358 g/mol. The molecular formula is C17H14N2O7. The highest BCUT2D eigenvalue weighted by Crippen LogP contribution is 2.19. The highest BCUT2D eigenvalue weighted by molar-refractivity contribution is 6.06. The molecule has 9 heteroatoms. The minimum atomic E-state index is -0.707. The Balaban J connectivity index is 2.37. The van der Waals surface area contributed by atoms with Crippen molar-refractivity contribution in [2.24, 2.45) is 0 Å². The number of carbonyl (C=O) groups is 3. The molecule has 0 heterocycles. The van der Waals surface area contributed by atoms with Gasteiger partial charge in [-0.1, -0.05) is 6.07 Å². The second-order valence-corrected chi connectivity index (χ2v) is 5.04. The number of anilines is 1. The van der Waals surface area contributed by atoms with Gasteiger partial charge < -0.3 is 14.8 Å². The largest absolute Gasteiger partial charge is 0.465 e. The molecule has 2 aromatic carbocycles. The number of nitro benzene ring substituents is 1. The van der Waals surface area contributed by atoms with Crippen LogP contribution < -0.4 is 5.32 Å². The van der Waals surface area contributed by atoms with Crippen LogP contribution in [0.4, 0.5) is 11.4 Å². The van der Waals surface area contributed by atoms with Crippen molar-refractivity contribution in [3.63, 3.8) is 0 Å². The first-order valence-corrected chi connectivity index (χ1v) is 7.23. The van der Waals surface area contributed by atoms with Crippen LogP contribution in [0, 0.1) is 10.1 Å². The fourth-order valence-electron chi connectivity index (χ4n) is 2.14. The molecule has 2 aromatic rings. The van der Waals surface area contributed by atoms with Gasteiger partial charge in [0.25, 0.3) is 11.6 Å². The van der Waals surface area contributed by atoms with E-state index in [4.69, 9.17) is 0 Å². The third kappa shape index (κ3) is 4.20. The number of nitrogens with zero attached hydrogens (tertiary/aromatic N) is 1. The molecule has 9 nitrogen and oxygen atoms in total. The average molecular weight is 358 g/mol. The summed E-state index contributed by atoms with van der Waals surface area (Å²) in [7, 11) is 2.35. The first kappa shape index (κ1) is 18.6. The quantitative estimate of drug-likeness (QED) is 0.494. The summed E-state index contributed by atoms with van der Waals surface area (Å²) in [5.74, 6) is -2.06. The number of carbonyl (C=O) groups excluding carboxylic acids is 3. The van der Waals surface area contributed by atoms with Gasteiger partial charge in [-0.15, -0.1) is 0 Å². The molecule has 26 heavy (non-hydrogen) atoms. The molecule has 0 aliphatic heterocycles. The summed E-state index contributed by atoms with van der Waals surface area (Å²) in [5, 5.41) is 13.3. The van der Waals surface area contributed by atoms with Crippen molar-refractivity contribution in [2.45, 2.75) is 0 Å². The molecule has 0 fully saturated rings. The van der Waals surface area contributed by atoms with E-state index in [1.54, 1.807) is 0 Å². The normalized spacial score (nSPS) is 9.92. The number of nitrogens with one attached hydrogen (secondary N) is 1. The lowest BCUT2D eigenvalue weighted by Gasteiger charge is -2.09. The Bertz CT molecular complexity index is 858. The Kier molecular flexibility index (Phi) is 5.63. The smallest absolute Gasteiger partial charge is 0.337 e. The van der Waals surface area contributed by atoms with E-state index >= 15 is 0 Å². The lowest BCUT2D eigenvalue weighted by molar-refractivity contribution is -0.384. The van der Waals surface area contributed by atoms with E-state index in [1.165, 1.54) is 50.6 Å². The van der Waals surface area contributed by atoms with Crippen molar-refractivity contribution in [1.82, 2.24) is 0 Å². The molecule has 0 saturated heterocycles. The predicted octanol–water partition coefficient (Wildman–Crippen LogP) is 2.42. The van der Waals surface area contributed by atoms with Crippen LogP contribution in [0.15, 0.2) is 42.5 Å². The fraction of sp³-hybridized carbons (Fsp3) is 0.118. The lowest BCUT2D eigenvalue weighted by atomic mass is 10.1. The van der Waals surface area contributed by atoms with Crippen molar-refractivity contribution < 1.29 is 28.8 Å². The van der Waals surface area contributed by atoms with E-state index in [2.05, 4.69) is 14.8 Å². The molecule has 1 N–H and O–H groups in total. The topological polar surface area (TPSA) is 125 Å². The molecule has 0 unspecified atom stereocenters. The van der Waals surface area contributed by atoms with Crippen LogP contribution in [-0.4, -0.2) is 37.0 Å². The predicted molar refractivity (Wildman–Crippen MR) is 90.2 cm³/mol. The maximum absolute atomic E-state index is 12.3. The van der Waals surface area contributed by atoms with Gasteiger partial charge in [-0.2, -0.15) is 0 Å². The number of hydrogen-bond donors (Lipinski definition) is 1. The highest BCUT2D eigenvalue weighted by atomic mass is 16.6. The number of methoxy groups -OCH3 is 2. The van der Waals surface area contributed by atoms with Gasteiger partial charge in [-0.3, -0.25) is 14.9 Å². The molecule has 1 amide bonds. The van der Waals surface area contributed by atoms with E-state index < -0.39 is 22.8 Å². The summed E-state index contributed by atoms with van der Waals surface area (Å²) in [4.78, 5) is 46.0. The Labute approximate surface area is 147 Å². The second-order valence-electron chi connectivity index (χ2n) is 5.04. The van der Waals surface area contributed by atoms with Crippen molar-refractivity contribution in [2.75, 3.05) is 19.5 Å². The Morgan fingerprint density at radius 1 is 0.923 bits per heavy atom. The third-order valence-electron chi connectivity index (χ3n) is 3.35. The molecule has 0 aromatic heterocycles. The van der Waals surface area contributed by atoms with Gasteiger partial charge in [-0.05, 0) is 24.3 Å². The molecule has 134 valence electrons. The van der Waals surface area contributed by atoms with Gasteiger partial charge in [0.15, 0.2) is 0 Å². The van der Waals surface area contributed by atoms with Crippen molar-refractivity contribution in [1.29, 1.82) is 0 Å². The van der Waals surface area contributed by atoms with Gasteiger partial charge in [-0.25, -0.2) is 9.59 Å². The van der Waals surface area contributed by atoms with Crippen LogP contribution in [0.25, 0.3) is 0 Å². The number of hydrogen-bond acceptors (Lipinski definition) is 7. The number of non-ortho nitro benzene ring substituents is 1. The van der Waals surface area contributed by atoms with E-state index in [1.807, 2.05) is 0 Å². The zero-order valence-corrected chi connectivity index (χ0v) is 13.8. The molecule has 0 aliphatic carbocycles. The third-order valence-corrected chi connectivity index (χ3v) is 3.35. The Morgan fingerprint density at radius 3 is 2.00 bits per heavy atom. The minimum absolute atomic E-state index is 0.0322. The van der Waals surface area contributed by atoms with Gasteiger partial charge in [0.05, 0.1) is 30.3 Å². The highest BCUT2D eigenvalue weighted by Gasteiger charge is 2.16. The minimum Gasteiger partial charge on any atom is -0.465 e. The Hall–Kier alpha value is -3.75. The van der Waals surface area contributed by atoms with Gasteiger partial charge >= 0.3 is 11.9 Å². The van der Waals surface area contributed by atoms with Gasteiger partial charge in [0.2, 0.25) is 0 Å². The van der Waals surface area contributed by atoms with E-state index in [0.29, 0.717) is 0 Å². The van der Waals surface area contributed by atoms with Crippen LogP contribution in [-0.2, 0) is 9.47 Å². The number of ether oxygens (including phenoxy) is 2. The van der Waals surface area contributed by atoms with Crippen LogP contribution >= 0.6 is 0 Å². The first-order valence-electron chi connectivity index (χ1n) is 7.23. The molecule has 0 aliphatic rings. The zero-order chi connectivity index (χ0) is 19.3. The first-order chi connectivity index (χ1) is 12.3. The standard InChI is InChI=1S/C17H14N2O7/c1-25-16(21)11-6-12(17(22)26-2)8-13(7-11)18-15(20)10-4-3-5-14(9-10)19(23)24/h3-9H,1-2H3,(H,18,20). The van der Waals surface area contributed by atoms with E-state index in [-0.39, 0.29) is 28.1 Å². The zero-order valence-electron chi connectivity index (χ0n) is 13.8. The molecule has 0 atom stereocenters. The maximum atomic E-state index is 12.3. The van der Waals surface area contributed by atoms with Crippen molar-refractivity contribution >= 4 is 29.2 Å². The number of rotatable bonds is 5. The summed E-state index contributed by atoms with van der Waals surface area (Å²) < 4.78 is 9.23. The number of benzene rings is 2. The van der Waals surface area contributed by atoms with Crippen molar-refractivity contribution in [3.8, 4) is 0 Å². The summed E-state index contributed by atoms with van der Waals surface area (Å²) in [5.41, 5.74) is -0.00205. The van der Waals surface area contributed by atoms with Gasteiger partial charge in [0, 0.05) is 23.4 Å². The summed E-state index contributed by atoms with van der Waals surface area (Å²) >= 11 is 0. The van der Waals surface area contributed by atoms with Crippen LogP contribution in [0.3, 0.4) is 0 Å². The summed E-state index contributed by atoms with van der Waals surface area (Å²) in [6.45, 7) is 0. The molecule has 0 radical (unpaired) electrons. The molecule has 0 spiro atoms. The van der Waals surface area contributed by atoms with Gasteiger partial charge in [0.1, 0.15) is 0 Å². The van der Waals surface area contributed by atoms with Crippen LogP contribution in [0.5, 0.6) is 0 Å². The molecular weight excluding hydrogens is 344 g/mol. The SMILES string of the molecule is COC(=O)c1cc(NC(=O)c2cccc([N+](=O)[O-])c2)cc(C(=O)OC)c1.